The van der Waals surface area contributed by atoms with E-state index in [9.17, 15) is 19.2 Å². The predicted octanol–water partition coefficient (Wildman–Crippen LogP) is 2.15. The predicted molar refractivity (Wildman–Crippen MR) is 102 cm³/mol. The van der Waals surface area contributed by atoms with E-state index in [1.165, 1.54) is 49.6 Å². The number of benzene rings is 2. The van der Waals surface area contributed by atoms with Crippen LogP contribution in [-0.2, 0) is 14.4 Å². The van der Waals surface area contributed by atoms with Gasteiger partial charge in [0.15, 0.2) is 0 Å². The zero-order valence-electron chi connectivity index (χ0n) is 15.0. The first-order valence-corrected chi connectivity index (χ1v) is 8.57. The average Bonchev–Trinajstić information content (AvgIpc) is 2.91. The second-order valence-corrected chi connectivity index (χ2v) is 6.27. The number of nitrogens with one attached hydrogen (secondary N) is 1. The number of rotatable bonds is 5. The lowest BCUT2D eigenvalue weighted by atomic mass is 10.2. The Hall–Kier alpha value is -3.90. The van der Waals surface area contributed by atoms with Gasteiger partial charge in [-0.3, -0.25) is 14.4 Å². The van der Waals surface area contributed by atoms with Gasteiger partial charge in [-0.25, -0.2) is 14.6 Å². The maximum absolute atomic E-state index is 12.5. The Balaban J connectivity index is 1.73. The van der Waals surface area contributed by atoms with Gasteiger partial charge < -0.3 is 10.1 Å². The lowest BCUT2D eigenvalue weighted by molar-refractivity contribution is -0.140. The molecule has 3 rings (SSSR count). The van der Waals surface area contributed by atoms with Gasteiger partial charge in [-0.15, -0.1) is 0 Å². The van der Waals surface area contributed by atoms with E-state index < -0.39 is 30.3 Å². The van der Waals surface area contributed by atoms with Crippen molar-refractivity contribution < 1.29 is 23.9 Å². The van der Waals surface area contributed by atoms with Crippen molar-refractivity contribution >= 4 is 46.7 Å². The summed E-state index contributed by atoms with van der Waals surface area (Å²) in [5, 5.41) is 11.5. The van der Waals surface area contributed by atoms with Gasteiger partial charge in [0, 0.05) is 5.69 Å². The third kappa shape index (κ3) is 3.88. The third-order valence-corrected chi connectivity index (χ3v) is 4.37. The monoisotopic (exact) mass is 412 g/mol. The van der Waals surface area contributed by atoms with E-state index in [0.29, 0.717) is 15.5 Å². The molecule has 1 N–H and O–H groups in total. The molecule has 2 aromatic rings. The smallest absolute Gasteiger partial charge is 0.339 e. The Morgan fingerprint density at radius 1 is 1.14 bits per heavy atom. The number of carbonyl (C=O) groups excluding carboxylic acids is 4. The first kappa shape index (κ1) is 19.9. The van der Waals surface area contributed by atoms with Crippen molar-refractivity contribution in [3.8, 4) is 11.8 Å². The number of anilines is 2. The van der Waals surface area contributed by atoms with Gasteiger partial charge >= 0.3 is 17.8 Å². The van der Waals surface area contributed by atoms with Gasteiger partial charge in [0.05, 0.1) is 23.4 Å². The fraction of sp³-hybridized carbons (Fsp3) is 0.105. The summed E-state index contributed by atoms with van der Waals surface area (Å²) < 4.78 is 5.01. The number of ether oxygens (including phenoxy) is 1. The maximum Gasteiger partial charge on any atom is 0.339 e. The number of halogens is 1. The Morgan fingerprint density at radius 2 is 1.83 bits per heavy atom. The molecule has 0 unspecified atom stereocenters. The van der Waals surface area contributed by atoms with Crippen LogP contribution in [0.25, 0.3) is 0 Å². The highest BCUT2D eigenvalue weighted by Gasteiger charge is 2.46. The molecule has 0 aliphatic carbocycles. The van der Waals surface area contributed by atoms with Gasteiger partial charge in [-0.2, -0.15) is 5.26 Å². The molecule has 1 aliphatic heterocycles. The van der Waals surface area contributed by atoms with Crippen molar-refractivity contribution in [2.75, 3.05) is 23.9 Å². The minimum Gasteiger partial charge on any atom is -0.497 e. The van der Waals surface area contributed by atoms with E-state index in [4.69, 9.17) is 21.6 Å². The molecule has 146 valence electrons. The lowest BCUT2D eigenvalue weighted by Crippen LogP contribution is -2.39. The standard InChI is InChI=1S/C19H13ClN4O5/c1-29-14-6-4-13(5-7-14)24-18(27)17(26)23(19(24)28)10-16(25)22-12-3-2-11(9-21)15(20)8-12/h2-8H,10H2,1H3,(H,22,25). The fourth-order valence-electron chi connectivity index (χ4n) is 2.63. The summed E-state index contributed by atoms with van der Waals surface area (Å²) >= 11 is 5.90. The van der Waals surface area contributed by atoms with Crippen LogP contribution in [0.3, 0.4) is 0 Å². The second kappa shape index (κ2) is 8.00. The van der Waals surface area contributed by atoms with Crippen LogP contribution >= 0.6 is 11.6 Å². The van der Waals surface area contributed by atoms with Gasteiger partial charge in [0.25, 0.3) is 0 Å². The van der Waals surface area contributed by atoms with Crippen LogP contribution in [0.15, 0.2) is 42.5 Å². The number of hydrogen-bond donors (Lipinski definition) is 1. The summed E-state index contributed by atoms with van der Waals surface area (Å²) in [6.45, 7) is -0.659. The Bertz CT molecular complexity index is 1060. The fourth-order valence-corrected chi connectivity index (χ4v) is 2.85. The minimum absolute atomic E-state index is 0.138. The normalized spacial score (nSPS) is 13.5. The highest BCUT2D eigenvalue weighted by Crippen LogP contribution is 2.25. The van der Waals surface area contributed by atoms with Gasteiger partial charge in [0.1, 0.15) is 18.4 Å². The topological polar surface area (TPSA) is 120 Å². The molecule has 9 nitrogen and oxygen atoms in total. The van der Waals surface area contributed by atoms with Crippen molar-refractivity contribution in [3.05, 3.63) is 53.1 Å². The van der Waals surface area contributed by atoms with Crippen LogP contribution in [0.1, 0.15) is 5.56 Å². The molecule has 0 spiro atoms. The van der Waals surface area contributed by atoms with Crippen LogP contribution in [-0.4, -0.2) is 42.3 Å². The quantitative estimate of drug-likeness (QED) is 0.593. The van der Waals surface area contributed by atoms with E-state index in [1.54, 1.807) is 0 Å². The highest BCUT2D eigenvalue weighted by molar-refractivity contribution is 6.53. The first-order chi connectivity index (χ1) is 13.8. The molecule has 10 heteroatoms. The van der Waals surface area contributed by atoms with Crippen molar-refractivity contribution in [2.24, 2.45) is 0 Å². The summed E-state index contributed by atoms with van der Waals surface area (Å²) in [6.07, 6.45) is 0. The highest BCUT2D eigenvalue weighted by atomic mass is 35.5. The van der Waals surface area contributed by atoms with Gasteiger partial charge in [-0.1, -0.05) is 11.6 Å². The number of hydrogen-bond acceptors (Lipinski definition) is 6. The minimum atomic E-state index is -1.11. The van der Waals surface area contributed by atoms with E-state index in [-0.39, 0.29) is 22.0 Å². The van der Waals surface area contributed by atoms with Crippen molar-refractivity contribution in [1.29, 1.82) is 5.26 Å². The Morgan fingerprint density at radius 3 is 2.41 bits per heavy atom. The van der Waals surface area contributed by atoms with Crippen molar-refractivity contribution in [3.63, 3.8) is 0 Å². The van der Waals surface area contributed by atoms with E-state index in [1.807, 2.05) is 6.07 Å². The molecule has 1 aliphatic rings. The number of methoxy groups -OCH3 is 1. The number of imide groups is 2. The number of urea groups is 1. The first-order valence-electron chi connectivity index (χ1n) is 8.19. The summed E-state index contributed by atoms with van der Waals surface area (Å²) in [5.41, 5.74) is 0.683. The Kier molecular flexibility index (Phi) is 5.47. The molecule has 1 saturated heterocycles. The number of nitriles is 1. The Labute approximate surface area is 170 Å². The summed E-state index contributed by atoms with van der Waals surface area (Å²) in [5.74, 6) is -2.37. The zero-order chi connectivity index (χ0) is 21.1. The van der Waals surface area contributed by atoms with E-state index in [0.717, 1.165) is 0 Å². The van der Waals surface area contributed by atoms with Crippen LogP contribution in [0, 0.1) is 11.3 Å². The molecule has 0 atom stereocenters. The second-order valence-electron chi connectivity index (χ2n) is 5.87. The average molecular weight is 413 g/mol. The van der Waals surface area contributed by atoms with Crippen LogP contribution in [0.4, 0.5) is 16.2 Å². The zero-order valence-corrected chi connectivity index (χ0v) is 15.8. The largest absolute Gasteiger partial charge is 0.497 e. The van der Waals surface area contributed by atoms with E-state index >= 15 is 0 Å². The van der Waals surface area contributed by atoms with Crippen LogP contribution in [0.5, 0.6) is 5.75 Å². The van der Waals surface area contributed by atoms with Crippen molar-refractivity contribution in [1.82, 2.24) is 4.90 Å². The molecule has 29 heavy (non-hydrogen) atoms. The molecule has 1 fully saturated rings. The third-order valence-electron chi connectivity index (χ3n) is 4.06. The summed E-state index contributed by atoms with van der Waals surface area (Å²) in [7, 11) is 1.46. The molecule has 0 radical (unpaired) electrons. The van der Waals surface area contributed by atoms with Gasteiger partial charge in [-0.05, 0) is 42.5 Å². The SMILES string of the molecule is COc1ccc(N2C(=O)C(=O)N(CC(=O)Nc3ccc(C#N)c(Cl)c3)C2=O)cc1. The molecule has 0 bridgehead atoms. The number of nitrogens with zero attached hydrogens (tertiary/aromatic N) is 3. The number of amides is 5. The maximum atomic E-state index is 12.5. The molecule has 0 saturated carbocycles. The van der Waals surface area contributed by atoms with Gasteiger partial charge in [0.2, 0.25) is 5.91 Å². The molecule has 0 aromatic heterocycles. The molecule has 2 aromatic carbocycles. The van der Waals surface area contributed by atoms with Crippen LogP contribution < -0.4 is 15.0 Å². The molecule has 1 heterocycles. The lowest BCUT2D eigenvalue weighted by Gasteiger charge is -2.15. The van der Waals surface area contributed by atoms with Crippen molar-refractivity contribution in [2.45, 2.75) is 0 Å². The summed E-state index contributed by atoms with van der Waals surface area (Å²) in [4.78, 5) is 50.5. The molecular formula is C19H13ClN4O5. The molecular weight excluding hydrogens is 400 g/mol. The number of carbonyl (C=O) groups is 4. The molecule has 5 amide bonds. The van der Waals surface area contributed by atoms with Crippen LogP contribution in [0.2, 0.25) is 5.02 Å². The summed E-state index contributed by atoms with van der Waals surface area (Å²) in [6, 6.07) is 11.1. The van der Waals surface area contributed by atoms with E-state index in [2.05, 4.69) is 5.32 Å².